The fourth-order valence-electron chi connectivity index (χ4n) is 4.38. The zero-order chi connectivity index (χ0) is 24.7. The molecule has 2 amide bonds. The molecule has 1 aromatic carbocycles. The van der Waals surface area contributed by atoms with Crippen molar-refractivity contribution in [1.82, 2.24) is 10.2 Å². The van der Waals surface area contributed by atoms with Crippen LogP contribution in [0.2, 0.25) is 0 Å². The number of ether oxygens (including phenoxy) is 2. The number of anilines is 1. The molecule has 0 saturated carbocycles. The predicted octanol–water partition coefficient (Wildman–Crippen LogP) is 2.73. The molecular weight excluding hydrogens is 444 g/mol. The summed E-state index contributed by atoms with van der Waals surface area (Å²) in [5.74, 6) is -0.820. The van der Waals surface area contributed by atoms with E-state index < -0.39 is 23.4 Å². The number of amides is 2. The molecule has 2 aliphatic rings. The summed E-state index contributed by atoms with van der Waals surface area (Å²) in [5.41, 5.74) is 0.359. The van der Waals surface area contributed by atoms with Crippen molar-refractivity contribution in [2.24, 2.45) is 5.92 Å². The van der Waals surface area contributed by atoms with Crippen molar-refractivity contribution in [3.8, 4) is 0 Å². The van der Waals surface area contributed by atoms with E-state index in [1.807, 2.05) is 4.90 Å². The molecule has 2 aliphatic heterocycles. The molecule has 2 saturated heterocycles. The minimum Gasteiger partial charge on any atom is -0.452 e. The van der Waals surface area contributed by atoms with E-state index in [9.17, 15) is 24.5 Å². The zero-order valence-electron chi connectivity index (χ0n) is 19.7. The second-order valence-electron chi connectivity index (χ2n) is 8.76. The van der Waals surface area contributed by atoms with Gasteiger partial charge in [0.15, 0.2) is 6.61 Å². The Bertz CT molecular complexity index is 915. The molecule has 1 N–H and O–H groups in total. The summed E-state index contributed by atoms with van der Waals surface area (Å²) in [5, 5.41) is 14.4. The van der Waals surface area contributed by atoms with E-state index in [-0.39, 0.29) is 23.4 Å². The van der Waals surface area contributed by atoms with E-state index in [1.54, 1.807) is 17.9 Å². The Morgan fingerprint density at radius 2 is 1.88 bits per heavy atom. The molecule has 11 heteroatoms. The van der Waals surface area contributed by atoms with E-state index in [2.05, 4.69) is 12.2 Å². The number of nitro benzene ring substituents is 1. The monoisotopic (exact) mass is 476 g/mol. The smallest absolute Gasteiger partial charge is 0.409 e. The highest BCUT2D eigenvalue weighted by Gasteiger charge is 2.27. The Hall–Kier alpha value is -3.37. The number of carbonyl (C=O) groups is 3. The van der Waals surface area contributed by atoms with Crippen LogP contribution in [0.25, 0.3) is 0 Å². The average Bonchev–Trinajstić information content (AvgIpc) is 2.82. The number of hydrogen-bond donors (Lipinski definition) is 1. The molecule has 0 aliphatic carbocycles. The number of carbonyl (C=O) groups excluding carboxylic acids is 3. The first kappa shape index (κ1) is 25.3. The van der Waals surface area contributed by atoms with Gasteiger partial charge in [-0.2, -0.15) is 0 Å². The molecule has 1 atom stereocenters. The lowest BCUT2D eigenvalue weighted by Crippen LogP contribution is -2.47. The van der Waals surface area contributed by atoms with Crippen LogP contribution in [0, 0.1) is 16.0 Å². The van der Waals surface area contributed by atoms with Gasteiger partial charge in [-0.25, -0.2) is 9.59 Å². The minimum atomic E-state index is -0.797. The molecule has 3 rings (SSSR count). The molecule has 0 radical (unpaired) electrons. The predicted molar refractivity (Wildman–Crippen MR) is 124 cm³/mol. The van der Waals surface area contributed by atoms with E-state index in [1.165, 1.54) is 12.1 Å². The fraction of sp³-hybridized carbons (Fsp3) is 0.609. The average molecular weight is 477 g/mol. The van der Waals surface area contributed by atoms with Crippen LogP contribution < -0.4 is 10.2 Å². The maximum Gasteiger partial charge on any atom is 0.409 e. The molecule has 2 heterocycles. The normalized spacial score (nSPS) is 18.8. The summed E-state index contributed by atoms with van der Waals surface area (Å²) < 4.78 is 10.1. The van der Waals surface area contributed by atoms with Crippen LogP contribution in [0.15, 0.2) is 18.2 Å². The lowest BCUT2D eigenvalue weighted by molar-refractivity contribution is -0.384. The molecule has 186 valence electrons. The maximum absolute atomic E-state index is 12.4. The van der Waals surface area contributed by atoms with E-state index in [4.69, 9.17) is 9.47 Å². The number of hydrogen-bond acceptors (Lipinski definition) is 8. The van der Waals surface area contributed by atoms with Gasteiger partial charge in [-0.3, -0.25) is 14.9 Å². The minimum absolute atomic E-state index is 0.0241. The van der Waals surface area contributed by atoms with Crippen LogP contribution in [-0.2, 0) is 14.3 Å². The molecule has 34 heavy (non-hydrogen) atoms. The molecule has 0 spiro atoms. The van der Waals surface area contributed by atoms with Crippen LogP contribution in [0.1, 0.15) is 49.9 Å². The van der Waals surface area contributed by atoms with Gasteiger partial charge in [-0.15, -0.1) is 0 Å². The lowest BCUT2D eigenvalue weighted by Gasteiger charge is -2.32. The second kappa shape index (κ2) is 11.7. The Morgan fingerprint density at radius 3 is 2.53 bits per heavy atom. The molecule has 1 aromatic rings. The van der Waals surface area contributed by atoms with Gasteiger partial charge in [0.1, 0.15) is 5.69 Å². The summed E-state index contributed by atoms with van der Waals surface area (Å²) >= 11 is 0. The number of nitrogens with one attached hydrogen (secondary N) is 1. The zero-order valence-corrected chi connectivity index (χ0v) is 19.7. The van der Waals surface area contributed by atoms with Crippen LogP contribution in [0.3, 0.4) is 0 Å². The third kappa shape index (κ3) is 6.58. The fourth-order valence-corrected chi connectivity index (χ4v) is 4.38. The number of esters is 1. The quantitative estimate of drug-likeness (QED) is 0.361. The Labute approximate surface area is 198 Å². The summed E-state index contributed by atoms with van der Waals surface area (Å²) in [4.78, 5) is 51.1. The van der Waals surface area contributed by atoms with E-state index in [0.29, 0.717) is 44.1 Å². The lowest BCUT2D eigenvalue weighted by atomic mass is 9.99. The Morgan fingerprint density at radius 1 is 1.15 bits per heavy atom. The topological polar surface area (TPSA) is 131 Å². The number of nitrogens with zero attached hydrogens (tertiary/aromatic N) is 3. The summed E-state index contributed by atoms with van der Waals surface area (Å²) in [6, 6.07) is 4.14. The van der Waals surface area contributed by atoms with E-state index >= 15 is 0 Å². The van der Waals surface area contributed by atoms with Crippen molar-refractivity contribution in [3.05, 3.63) is 33.9 Å². The first-order valence-corrected chi connectivity index (χ1v) is 11.7. The van der Waals surface area contributed by atoms with Crippen molar-refractivity contribution in [1.29, 1.82) is 0 Å². The van der Waals surface area contributed by atoms with Gasteiger partial charge in [0.25, 0.3) is 11.6 Å². The maximum atomic E-state index is 12.4. The first-order valence-electron chi connectivity index (χ1n) is 11.7. The third-order valence-electron chi connectivity index (χ3n) is 6.13. The van der Waals surface area contributed by atoms with Crippen molar-refractivity contribution in [3.63, 3.8) is 0 Å². The first-order chi connectivity index (χ1) is 16.3. The van der Waals surface area contributed by atoms with Gasteiger partial charge in [-0.1, -0.05) is 6.92 Å². The molecule has 1 unspecified atom stereocenters. The van der Waals surface area contributed by atoms with Gasteiger partial charge in [0, 0.05) is 38.3 Å². The molecule has 2 fully saturated rings. The van der Waals surface area contributed by atoms with Crippen molar-refractivity contribution < 1.29 is 28.8 Å². The van der Waals surface area contributed by atoms with Crippen LogP contribution >= 0.6 is 0 Å². The van der Waals surface area contributed by atoms with Gasteiger partial charge in [-0.05, 0) is 50.7 Å². The van der Waals surface area contributed by atoms with Gasteiger partial charge in [0.2, 0.25) is 0 Å². The number of likely N-dealkylation sites (tertiary alicyclic amines) is 1. The standard InChI is InChI=1S/C23H32N4O7/c1-3-33-23(30)25-11-8-18(9-12-25)24-21(28)15-34-22(29)17-6-7-19(20(13-17)27(31)32)26-10-4-5-16(2)14-26/h6-7,13,16,18H,3-5,8-12,14-15H2,1-2H3,(H,24,28). The summed E-state index contributed by atoms with van der Waals surface area (Å²) in [6.07, 6.45) is 2.82. The Kier molecular flexibility index (Phi) is 8.67. The summed E-state index contributed by atoms with van der Waals surface area (Å²) in [6.45, 7) is 6.06. The number of piperidine rings is 2. The molecular formula is C23H32N4O7. The molecule has 0 aromatic heterocycles. The Balaban J connectivity index is 1.51. The van der Waals surface area contributed by atoms with Gasteiger partial charge < -0.3 is 24.6 Å². The second-order valence-corrected chi connectivity index (χ2v) is 8.76. The van der Waals surface area contributed by atoms with Crippen LogP contribution in [-0.4, -0.2) is 73.2 Å². The van der Waals surface area contributed by atoms with Crippen molar-refractivity contribution in [2.75, 3.05) is 44.3 Å². The van der Waals surface area contributed by atoms with Gasteiger partial charge in [0.05, 0.1) is 17.1 Å². The van der Waals surface area contributed by atoms with E-state index in [0.717, 1.165) is 25.9 Å². The number of benzene rings is 1. The van der Waals surface area contributed by atoms with Gasteiger partial charge >= 0.3 is 12.1 Å². The highest BCUT2D eigenvalue weighted by Crippen LogP contribution is 2.32. The molecule has 0 bridgehead atoms. The van der Waals surface area contributed by atoms with Crippen molar-refractivity contribution >= 4 is 29.3 Å². The third-order valence-corrected chi connectivity index (χ3v) is 6.13. The highest BCUT2D eigenvalue weighted by atomic mass is 16.6. The SMILES string of the molecule is CCOC(=O)N1CCC(NC(=O)COC(=O)c2ccc(N3CCCC(C)C3)c([N+](=O)[O-])c2)CC1. The summed E-state index contributed by atoms with van der Waals surface area (Å²) in [7, 11) is 0. The highest BCUT2D eigenvalue weighted by molar-refractivity contribution is 5.93. The van der Waals surface area contributed by atoms with Crippen molar-refractivity contribution in [2.45, 2.75) is 45.6 Å². The number of nitro groups is 1. The van der Waals surface area contributed by atoms with Crippen LogP contribution in [0.4, 0.5) is 16.2 Å². The largest absolute Gasteiger partial charge is 0.452 e. The number of rotatable bonds is 7. The van der Waals surface area contributed by atoms with Crippen LogP contribution in [0.5, 0.6) is 0 Å². The molecule has 11 nitrogen and oxygen atoms in total.